The molecule has 11 heteroatoms. The molecule has 200 valence electrons. The topological polar surface area (TPSA) is 146 Å². The molecule has 8 atom stereocenters. The monoisotopic (exact) mass is 519 g/mol. The van der Waals surface area contributed by atoms with E-state index in [1.807, 2.05) is 0 Å². The van der Waals surface area contributed by atoms with Gasteiger partial charge in [-0.05, 0) is 48.2 Å². The number of methoxy groups -OCH3 is 1. The third-order valence-electron chi connectivity index (χ3n) is 6.95. The van der Waals surface area contributed by atoms with Gasteiger partial charge in [-0.15, -0.1) is 0 Å². The van der Waals surface area contributed by atoms with Crippen molar-refractivity contribution in [1.82, 2.24) is 4.90 Å². The molecule has 2 aromatic carbocycles. The van der Waals surface area contributed by atoms with Crippen molar-refractivity contribution in [3.05, 3.63) is 65.5 Å². The van der Waals surface area contributed by atoms with E-state index in [-0.39, 0.29) is 29.4 Å². The predicted molar refractivity (Wildman–Crippen MR) is 125 cm³/mol. The molecule has 2 aliphatic rings. The SMILES string of the molecule is COC(=O)[C@H]1O[C@@H](Oc2ccc([C@@H]3C(CC[C@H](O)c4ccc(F)cc4)C(=O)N3C)cc2)[C@H](O)[C@@H](O)[C@@H]1O. The molecule has 4 rings (SSSR count). The molecule has 1 unspecified atom stereocenters. The molecule has 2 aliphatic heterocycles. The lowest BCUT2D eigenvalue weighted by molar-refractivity contribution is -0.271. The van der Waals surface area contributed by atoms with Crippen LogP contribution in [-0.4, -0.2) is 82.1 Å². The molecule has 2 heterocycles. The van der Waals surface area contributed by atoms with Gasteiger partial charge in [-0.2, -0.15) is 0 Å². The Labute approximate surface area is 212 Å². The van der Waals surface area contributed by atoms with Crippen molar-refractivity contribution in [2.75, 3.05) is 14.2 Å². The molecule has 0 aromatic heterocycles. The van der Waals surface area contributed by atoms with Crippen LogP contribution in [0.2, 0.25) is 0 Å². The normalized spacial score (nSPS) is 30.4. The fourth-order valence-electron chi connectivity index (χ4n) is 4.78. The number of nitrogens with zero attached hydrogens (tertiary/aromatic N) is 1. The van der Waals surface area contributed by atoms with Crippen LogP contribution in [0.5, 0.6) is 5.75 Å². The molecular weight excluding hydrogens is 489 g/mol. The van der Waals surface area contributed by atoms with Gasteiger partial charge >= 0.3 is 5.97 Å². The van der Waals surface area contributed by atoms with Crippen LogP contribution in [0.15, 0.2) is 48.5 Å². The molecule has 0 saturated carbocycles. The molecule has 10 nitrogen and oxygen atoms in total. The second-order valence-corrected chi connectivity index (χ2v) is 9.25. The minimum Gasteiger partial charge on any atom is -0.467 e. The van der Waals surface area contributed by atoms with Crippen molar-refractivity contribution in [3.63, 3.8) is 0 Å². The van der Waals surface area contributed by atoms with Crippen LogP contribution in [-0.2, 0) is 19.1 Å². The van der Waals surface area contributed by atoms with E-state index in [1.165, 1.54) is 24.3 Å². The maximum absolute atomic E-state index is 13.1. The lowest BCUT2D eigenvalue weighted by Gasteiger charge is -2.45. The highest BCUT2D eigenvalue weighted by atomic mass is 19.1. The second-order valence-electron chi connectivity index (χ2n) is 9.25. The van der Waals surface area contributed by atoms with E-state index in [9.17, 15) is 34.4 Å². The number of aliphatic hydroxyl groups excluding tert-OH is 4. The summed E-state index contributed by atoms with van der Waals surface area (Å²) in [6.07, 6.45) is -8.03. The predicted octanol–water partition coefficient (Wildman–Crippen LogP) is 0.828. The first-order valence-corrected chi connectivity index (χ1v) is 11.9. The molecule has 2 fully saturated rings. The standard InChI is InChI=1S/C26H30FNO9/c1-28-19(17(24(28)33)11-12-18(29)13-3-7-15(27)8-4-13)14-5-9-16(10-6-14)36-26-22(32)20(30)21(31)23(37-26)25(34)35-2/h3-10,17-23,26,29-32H,11-12H2,1-2H3/t17?,18-,19+,20-,21-,22+,23-,26+/m0/s1. The highest BCUT2D eigenvalue weighted by Gasteiger charge is 2.49. The summed E-state index contributed by atoms with van der Waals surface area (Å²) in [6, 6.07) is 12.0. The average Bonchev–Trinajstić information content (AvgIpc) is 2.91. The number of carbonyl (C=O) groups excluding carboxylic acids is 2. The lowest BCUT2D eigenvalue weighted by Crippen LogP contribution is -2.61. The zero-order valence-electron chi connectivity index (χ0n) is 20.3. The highest BCUT2D eigenvalue weighted by molar-refractivity contribution is 5.86. The number of ether oxygens (including phenoxy) is 3. The summed E-state index contributed by atoms with van der Waals surface area (Å²) in [5.41, 5.74) is 1.41. The second kappa shape index (κ2) is 11.1. The molecule has 1 amide bonds. The van der Waals surface area contributed by atoms with Gasteiger partial charge in [0.1, 0.15) is 29.9 Å². The molecular formula is C26H30FNO9. The van der Waals surface area contributed by atoms with Crippen LogP contribution in [0, 0.1) is 11.7 Å². The highest BCUT2D eigenvalue weighted by Crippen LogP contribution is 2.42. The molecule has 2 aromatic rings. The lowest BCUT2D eigenvalue weighted by atomic mass is 9.79. The molecule has 0 aliphatic carbocycles. The average molecular weight is 520 g/mol. The van der Waals surface area contributed by atoms with Crippen molar-refractivity contribution in [1.29, 1.82) is 0 Å². The number of β-lactam (4-membered cyclic amide) rings is 1. The van der Waals surface area contributed by atoms with Crippen LogP contribution >= 0.6 is 0 Å². The molecule has 4 N–H and O–H groups in total. The Balaban J connectivity index is 1.39. The Morgan fingerprint density at radius 1 is 1.05 bits per heavy atom. The van der Waals surface area contributed by atoms with Gasteiger partial charge < -0.3 is 39.5 Å². The van der Waals surface area contributed by atoms with Gasteiger partial charge in [-0.3, -0.25) is 4.79 Å². The number of aliphatic hydroxyl groups is 4. The van der Waals surface area contributed by atoms with Gasteiger partial charge in [0.25, 0.3) is 0 Å². The van der Waals surface area contributed by atoms with Gasteiger partial charge in [0, 0.05) is 7.05 Å². The Hall–Kier alpha value is -3.09. The molecule has 37 heavy (non-hydrogen) atoms. The summed E-state index contributed by atoms with van der Waals surface area (Å²) in [6.45, 7) is 0. The van der Waals surface area contributed by atoms with E-state index in [1.54, 1.807) is 36.2 Å². The third kappa shape index (κ3) is 5.46. The fourth-order valence-corrected chi connectivity index (χ4v) is 4.78. The van der Waals surface area contributed by atoms with Crippen molar-refractivity contribution < 1.29 is 48.6 Å². The van der Waals surface area contributed by atoms with E-state index >= 15 is 0 Å². The summed E-state index contributed by atoms with van der Waals surface area (Å²) in [5, 5.41) is 40.8. The molecule has 0 spiro atoms. The maximum Gasteiger partial charge on any atom is 0.337 e. The number of hydrogen-bond donors (Lipinski definition) is 4. The van der Waals surface area contributed by atoms with E-state index in [4.69, 9.17) is 9.47 Å². The number of hydrogen-bond acceptors (Lipinski definition) is 9. The van der Waals surface area contributed by atoms with E-state index in [0.717, 1.165) is 12.7 Å². The fraction of sp³-hybridized carbons (Fsp3) is 0.462. The van der Waals surface area contributed by atoms with Crippen molar-refractivity contribution in [2.45, 2.75) is 55.7 Å². The minimum absolute atomic E-state index is 0.0447. The first kappa shape index (κ1) is 27.0. The van der Waals surface area contributed by atoms with Crippen LogP contribution in [0.1, 0.15) is 36.1 Å². The Bertz CT molecular complexity index is 1100. The zero-order chi connectivity index (χ0) is 26.9. The van der Waals surface area contributed by atoms with Gasteiger partial charge in [0.05, 0.1) is 25.2 Å². The number of halogens is 1. The van der Waals surface area contributed by atoms with Gasteiger partial charge in [0.15, 0.2) is 6.10 Å². The van der Waals surface area contributed by atoms with E-state index < -0.39 is 42.8 Å². The number of benzene rings is 2. The number of esters is 1. The van der Waals surface area contributed by atoms with E-state index in [2.05, 4.69) is 4.74 Å². The van der Waals surface area contributed by atoms with Crippen molar-refractivity contribution in [3.8, 4) is 5.75 Å². The van der Waals surface area contributed by atoms with Crippen LogP contribution < -0.4 is 4.74 Å². The third-order valence-corrected chi connectivity index (χ3v) is 6.95. The summed E-state index contributed by atoms with van der Waals surface area (Å²) in [7, 11) is 2.79. The van der Waals surface area contributed by atoms with Gasteiger partial charge in [-0.25, -0.2) is 9.18 Å². The Morgan fingerprint density at radius 2 is 1.70 bits per heavy atom. The molecule has 0 bridgehead atoms. The number of likely N-dealkylation sites (tertiary alicyclic amines) is 1. The van der Waals surface area contributed by atoms with Crippen LogP contribution in [0.4, 0.5) is 4.39 Å². The largest absolute Gasteiger partial charge is 0.467 e. The van der Waals surface area contributed by atoms with Gasteiger partial charge in [0.2, 0.25) is 12.2 Å². The maximum atomic E-state index is 13.1. The summed E-state index contributed by atoms with van der Waals surface area (Å²) in [5.74, 6) is -1.43. The van der Waals surface area contributed by atoms with Crippen molar-refractivity contribution in [2.24, 2.45) is 5.92 Å². The van der Waals surface area contributed by atoms with Gasteiger partial charge in [-0.1, -0.05) is 24.3 Å². The van der Waals surface area contributed by atoms with Crippen molar-refractivity contribution >= 4 is 11.9 Å². The number of amides is 1. The number of carbonyl (C=O) groups is 2. The minimum atomic E-state index is -1.69. The Morgan fingerprint density at radius 3 is 2.32 bits per heavy atom. The molecule has 2 saturated heterocycles. The first-order chi connectivity index (χ1) is 17.6. The number of rotatable bonds is 8. The Kier molecular flexibility index (Phi) is 8.10. The van der Waals surface area contributed by atoms with Crippen LogP contribution in [0.25, 0.3) is 0 Å². The summed E-state index contributed by atoms with van der Waals surface area (Å²) < 4.78 is 28.7. The van der Waals surface area contributed by atoms with E-state index in [0.29, 0.717) is 18.4 Å². The van der Waals surface area contributed by atoms with Crippen LogP contribution in [0.3, 0.4) is 0 Å². The first-order valence-electron chi connectivity index (χ1n) is 11.9. The summed E-state index contributed by atoms with van der Waals surface area (Å²) in [4.78, 5) is 26.0. The summed E-state index contributed by atoms with van der Waals surface area (Å²) >= 11 is 0. The zero-order valence-corrected chi connectivity index (χ0v) is 20.3. The molecule has 0 radical (unpaired) electrons. The quantitative estimate of drug-likeness (QED) is 0.294. The smallest absolute Gasteiger partial charge is 0.337 e.